The lowest BCUT2D eigenvalue weighted by Gasteiger charge is -2.64. The predicted molar refractivity (Wildman–Crippen MR) is 188 cm³/mol. The first-order chi connectivity index (χ1) is 25.9. The number of rotatable bonds is 8. The van der Waals surface area contributed by atoms with E-state index in [9.17, 15) is 55.9 Å². The van der Waals surface area contributed by atoms with Gasteiger partial charge in [0.25, 0.3) is 0 Å². The molecule has 7 rings (SSSR count). The van der Waals surface area contributed by atoms with E-state index in [1.165, 1.54) is 6.92 Å². The van der Waals surface area contributed by atoms with Crippen LogP contribution in [0.15, 0.2) is 12.2 Å². The molecule has 10 N–H and O–H groups in total. The normalized spacial score (nSPS) is 55.4. The van der Waals surface area contributed by atoms with Crippen LogP contribution in [0.25, 0.3) is 0 Å². The molecule has 55 heavy (non-hydrogen) atoms. The number of carbonyl (C=O) groups excluding carboxylic acids is 1. The summed E-state index contributed by atoms with van der Waals surface area (Å²) in [6.07, 6.45) is -13.5. The smallest absolute Gasteiger partial charge is 0.312 e. The molecule has 21 atom stereocenters. The van der Waals surface area contributed by atoms with E-state index in [1.807, 2.05) is 6.92 Å². The van der Waals surface area contributed by atoms with Crippen molar-refractivity contribution in [3.05, 3.63) is 12.2 Å². The topological polar surface area (TPSA) is 266 Å². The van der Waals surface area contributed by atoms with Crippen LogP contribution in [0.2, 0.25) is 0 Å². The average Bonchev–Trinajstić information content (AvgIpc) is 3.35. The third kappa shape index (κ3) is 6.64. The van der Waals surface area contributed by atoms with Gasteiger partial charge in [-0.2, -0.15) is 0 Å². The van der Waals surface area contributed by atoms with Crippen molar-refractivity contribution >= 4 is 5.97 Å². The summed E-state index contributed by atoms with van der Waals surface area (Å²) >= 11 is 0. The first-order valence-corrected chi connectivity index (χ1v) is 20.1. The fourth-order valence-corrected chi connectivity index (χ4v) is 12.4. The number of fused-ring (bicyclic) bond motifs is 3. The molecule has 5 saturated carbocycles. The lowest BCUT2D eigenvalue weighted by atomic mass is 9.41. The van der Waals surface area contributed by atoms with Crippen molar-refractivity contribution in [2.24, 2.45) is 34.0 Å². The van der Waals surface area contributed by atoms with Crippen LogP contribution in [0.1, 0.15) is 85.0 Å². The first-order valence-electron chi connectivity index (χ1n) is 20.1. The highest BCUT2D eigenvalue weighted by Gasteiger charge is 2.69. The number of hydrogen-bond acceptors (Lipinski definition) is 16. The molecular formula is C39H62O16. The molecule has 7 fully saturated rings. The molecule has 314 valence electrons. The molecule has 0 radical (unpaired) electrons. The minimum absolute atomic E-state index is 0.0275. The third-order valence-corrected chi connectivity index (χ3v) is 15.5. The monoisotopic (exact) mass is 786 g/mol. The molecule has 0 aromatic carbocycles. The van der Waals surface area contributed by atoms with Crippen LogP contribution in [-0.2, 0) is 28.5 Å². The Morgan fingerprint density at radius 3 is 2.16 bits per heavy atom. The summed E-state index contributed by atoms with van der Waals surface area (Å²) in [5.74, 6) is -1.06. The lowest BCUT2D eigenvalue weighted by molar-refractivity contribution is -0.376. The van der Waals surface area contributed by atoms with Crippen molar-refractivity contribution in [1.82, 2.24) is 0 Å². The molecule has 0 amide bonds. The SMILES string of the molecule is C=C1CC23CCC4C(C)(C(=O)OC5CC(CO)C(O)C(O)C5O)CCCC4(C)C2CCC1(OC1OC(CO)C(O)C(O)C1OC1OC(C)C(O)C(O)C1O)C3. The van der Waals surface area contributed by atoms with Crippen LogP contribution in [0.5, 0.6) is 0 Å². The maximum atomic E-state index is 14.2. The van der Waals surface area contributed by atoms with E-state index in [4.69, 9.17) is 23.7 Å². The summed E-state index contributed by atoms with van der Waals surface area (Å²) in [6, 6.07) is 0. The highest BCUT2D eigenvalue weighted by Crippen LogP contribution is 2.73. The zero-order chi connectivity index (χ0) is 40.0. The maximum Gasteiger partial charge on any atom is 0.312 e. The Morgan fingerprint density at radius 2 is 1.47 bits per heavy atom. The van der Waals surface area contributed by atoms with Gasteiger partial charge in [0.1, 0.15) is 61.0 Å². The van der Waals surface area contributed by atoms with E-state index in [2.05, 4.69) is 13.5 Å². The highest BCUT2D eigenvalue weighted by atomic mass is 16.8. The second kappa shape index (κ2) is 15.0. The Bertz CT molecular complexity index is 1430. The van der Waals surface area contributed by atoms with Crippen LogP contribution in [0.4, 0.5) is 0 Å². The van der Waals surface area contributed by atoms with E-state index in [-0.39, 0.29) is 29.1 Å². The summed E-state index contributed by atoms with van der Waals surface area (Å²) in [6.45, 7) is 9.14. The van der Waals surface area contributed by atoms with Gasteiger partial charge in [0.15, 0.2) is 12.6 Å². The zero-order valence-electron chi connectivity index (χ0n) is 31.9. The molecule has 16 heteroatoms. The molecule has 7 aliphatic rings. The first kappa shape index (κ1) is 41.8. The van der Waals surface area contributed by atoms with E-state index >= 15 is 0 Å². The number of hydrogen-bond donors (Lipinski definition) is 10. The fraction of sp³-hybridized carbons (Fsp3) is 0.923. The number of ether oxygens (including phenoxy) is 5. The Kier molecular flexibility index (Phi) is 11.4. The number of aliphatic hydroxyl groups excluding tert-OH is 10. The van der Waals surface area contributed by atoms with Crippen LogP contribution in [0.3, 0.4) is 0 Å². The van der Waals surface area contributed by atoms with Gasteiger partial charge < -0.3 is 74.7 Å². The van der Waals surface area contributed by atoms with E-state index in [0.29, 0.717) is 32.1 Å². The van der Waals surface area contributed by atoms with Crippen molar-refractivity contribution in [2.75, 3.05) is 13.2 Å². The van der Waals surface area contributed by atoms with Gasteiger partial charge in [-0.15, -0.1) is 0 Å². The van der Waals surface area contributed by atoms with Crippen molar-refractivity contribution in [3.63, 3.8) is 0 Å². The van der Waals surface area contributed by atoms with Crippen molar-refractivity contribution in [3.8, 4) is 0 Å². The minimum Gasteiger partial charge on any atom is -0.459 e. The molecule has 2 heterocycles. The third-order valence-electron chi connectivity index (χ3n) is 15.5. The molecule has 2 aliphatic heterocycles. The van der Waals surface area contributed by atoms with Gasteiger partial charge in [-0.3, -0.25) is 4.79 Å². The number of carbonyl (C=O) groups is 1. The van der Waals surface area contributed by atoms with Crippen LogP contribution < -0.4 is 0 Å². The maximum absolute atomic E-state index is 14.2. The Hall–Kier alpha value is -1.35. The molecular weight excluding hydrogens is 724 g/mol. The quantitative estimate of drug-likeness (QED) is 0.0783. The summed E-state index contributed by atoms with van der Waals surface area (Å²) in [7, 11) is 0. The second-order valence-electron chi connectivity index (χ2n) is 18.5. The molecule has 2 saturated heterocycles. The van der Waals surface area contributed by atoms with Crippen LogP contribution in [-0.4, -0.2) is 162 Å². The van der Waals surface area contributed by atoms with Gasteiger partial charge >= 0.3 is 5.97 Å². The predicted octanol–water partition coefficient (Wildman–Crippen LogP) is -1.25. The van der Waals surface area contributed by atoms with E-state index in [1.54, 1.807) is 0 Å². The van der Waals surface area contributed by atoms with E-state index in [0.717, 1.165) is 31.3 Å². The van der Waals surface area contributed by atoms with Crippen molar-refractivity contribution in [2.45, 2.75) is 176 Å². The van der Waals surface area contributed by atoms with Gasteiger partial charge in [-0.1, -0.05) is 19.9 Å². The Labute approximate surface area is 321 Å². The molecule has 0 aromatic rings. The van der Waals surface area contributed by atoms with E-state index < -0.39 is 122 Å². The molecule has 2 bridgehead atoms. The molecule has 0 aromatic heterocycles. The largest absolute Gasteiger partial charge is 0.459 e. The van der Waals surface area contributed by atoms with Crippen molar-refractivity contribution in [1.29, 1.82) is 0 Å². The summed E-state index contributed by atoms with van der Waals surface area (Å²) in [4.78, 5) is 14.2. The van der Waals surface area contributed by atoms with Gasteiger partial charge in [0.05, 0.1) is 29.8 Å². The van der Waals surface area contributed by atoms with Crippen LogP contribution in [0, 0.1) is 34.0 Å². The number of aliphatic hydroxyl groups is 10. The van der Waals surface area contributed by atoms with Gasteiger partial charge in [0, 0.05) is 12.5 Å². The zero-order valence-corrected chi connectivity index (χ0v) is 31.9. The average molecular weight is 787 g/mol. The summed E-state index contributed by atoms with van der Waals surface area (Å²) in [5.41, 5.74) is -1.49. The fourth-order valence-electron chi connectivity index (χ4n) is 12.4. The minimum atomic E-state index is -1.69. The molecule has 5 aliphatic carbocycles. The summed E-state index contributed by atoms with van der Waals surface area (Å²) in [5, 5.41) is 105. The van der Waals surface area contributed by atoms with Gasteiger partial charge in [-0.25, -0.2) is 0 Å². The van der Waals surface area contributed by atoms with Crippen molar-refractivity contribution < 1.29 is 79.5 Å². The lowest BCUT2D eigenvalue weighted by Crippen LogP contribution is -2.65. The van der Waals surface area contributed by atoms with Crippen LogP contribution >= 0.6 is 0 Å². The Morgan fingerprint density at radius 1 is 0.782 bits per heavy atom. The molecule has 16 nitrogen and oxygen atoms in total. The molecule has 21 unspecified atom stereocenters. The highest BCUT2D eigenvalue weighted by molar-refractivity contribution is 5.77. The second-order valence-corrected chi connectivity index (χ2v) is 18.5. The summed E-state index contributed by atoms with van der Waals surface area (Å²) < 4.78 is 30.5. The number of esters is 1. The standard InChI is InChI=1S/C39H62O16/c1-17-13-38-10-6-22-36(3,8-5-9-37(22,4)35(50)53-20-12-19(14-40)25(43)29(47)26(20)44)23(38)7-11-39(17,16-38)55-34-32(30(48)27(45)21(15-41)52-34)54-33-31(49)28(46)24(42)18(2)51-33/h18-34,40-49H,1,5-16H2,2-4H3. The Balaban J connectivity index is 1.10. The van der Waals surface area contributed by atoms with Gasteiger partial charge in [0.2, 0.25) is 0 Å². The van der Waals surface area contributed by atoms with Gasteiger partial charge in [-0.05, 0) is 99.9 Å². The molecule has 1 spiro atoms.